The number of fused-ring (bicyclic) bond motifs is 1. The van der Waals surface area contributed by atoms with Crippen molar-refractivity contribution in [3.63, 3.8) is 0 Å². The molecule has 1 aliphatic heterocycles. The van der Waals surface area contributed by atoms with Crippen molar-refractivity contribution in [1.82, 2.24) is 0 Å². The van der Waals surface area contributed by atoms with Crippen molar-refractivity contribution in [1.29, 1.82) is 0 Å². The van der Waals surface area contributed by atoms with Gasteiger partial charge in [-0.1, -0.05) is 12.1 Å². The van der Waals surface area contributed by atoms with Crippen molar-refractivity contribution < 1.29 is 9.59 Å². The van der Waals surface area contributed by atoms with E-state index in [2.05, 4.69) is 15.9 Å². The van der Waals surface area contributed by atoms with E-state index in [9.17, 15) is 9.59 Å². The summed E-state index contributed by atoms with van der Waals surface area (Å²) in [4.78, 5) is 26.3. The number of thiophene rings is 1. The maximum absolute atomic E-state index is 11.9. The van der Waals surface area contributed by atoms with Gasteiger partial charge < -0.3 is 0 Å². The first-order chi connectivity index (χ1) is 8.66. The average Bonchev–Trinajstić information content (AvgIpc) is 2.88. The summed E-state index contributed by atoms with van der Waals surface area (Å²) in [5.41, 5.74) is 1.20. The number of Topliss-reactive ketones (excluding diaryl/α,β-unsaturated/α-hetero) is 1. The lowest BCUT2D eigenvalue weighted by molar-refractivity contribution is -0.114. The first-order valence-electron chi connectivity index (χ1n) is 5.36. The van der Waals surface area contributed by atoms with Crippen LogP contribution >= 0.6 is 27.3 Å². The van der Waals surface area contributed by atoms with E-state index in [1.807, 2.05) is 18.2 Å². The third kappa shape index (κ3) is 1.79. The third-order valence-electron chi connectivity index (χ3n) is 2.82. The lowest BCUT2D eigenvalue weighted by atomic mass is 10.1. The molecular weight excluding hydrogens is 314 g/mol. The number of para-hydroxylation sites is 1. The fourth-order valence-corrected chi connectivity index (χ4v) is 3.47. The molecule has 1 aliphatic rings. The molecule has 0 fully saturated rings. The molecule has 3 nitrogen and oxygen atoms in total. The van der Waals surface area contributed by atoms with Crippen LogP contribution in [-0.4, -0.2) is 11.7 Å². The summed E-state index contributed by atoms with van der Waals surface area (Å²) >= 11 is 4.95. The highest BCUT2D eigenvalue weighted by molar-refractivity contribution is 9.11. The molecule has 0 aliphatic carbocycles. The Morgan fingerprint density at radius 1 is 1.11 bits per heavy atom. The van der Waals surface area contributed by atoms with Crippen LogP contribution in [0.2, 0.25) is 0 Å². The number of halogens is 1. The van der Waals surface area contributed by atoms with Gasteiger partial charge in [0.1, 0.15) is 0 Å². The molecule has 0 bridgehead atoms. The summed E-state index contributed by atoms with van der Waals surface area (Å²) in [6.45, 7) is 0.442. The second-order valence-electron chi connectivity index (χ2n) is 3.94. The predicted molar refractivity (Wildman–Crippen MR) is 74.0 cm³/mol. The number of hydrogen-bond donors (Lipinski definition) is 0. The minimum atomic E-state index is -0.444. The minimum absolute atomic E-state index is 0.416. The molecule has 0 saturated carbocycles. The zero-order valence-electron chi connectivity index (χ0n) is 9.22. The van der Waals surface area contributed by atoms with E-state index in [0.717, 1.165) is 8.66 Å². The van der Waals surface area contributed by atoms with Crippen molar-refractivity contribution in [2.45, 2.75) is 6.54 Å². The lowest BCUT2D eigenvalue weighted by Gasteiger charge is -2.14. The molecule has 2 heterocycles. The third-order valence-corrected chi connectivity index (χ3v) is 4.43. The van der Waals surface area contributed by atoms with E-state index in [1.54, 1.807) is 29.5 Å². The Balaban J connectivity index is 1.98. The highest BCUT2D eigenvalue weighted by atomic mass is 79.9. The van der Waals surface area contributed by atoms with Gasteiger partial charge in [-0.25, -0.2) is 0 Å². The summed E-state index contributed by atoms with van der Waals surface area (Å²) < 4.78 is 1.02. The van der Waals surface area contributed by atoms with Crippen LogP contribution in [0, 0.1) is 0 Å². The van der Waals surface area contributed by atoms with Crippen molar-refractivity contribution in [3.05, 3.63) is 50.6 Å². The van der Waals surface area contributed by atoms with Crippen LogP contribution in [0.3, 0.4) is 0 Å². The molecule has 0 spiro atoms. The zero-order valence-corrected chi connectivity index (χ0v) is 11.6. The first-order valence-corrected chi connectivity index (χ1v) is 6.97. The van der Waals surface area contributed by atoms with Gasteiger partial charge >= 0.3 is 0 Å². The Bertz CT molecular complexity index is 650. The van der Waals surface area contributed by atoms with E-state index in [1.165, 1.54) is 4.90 Å². The maximum atomic E-state index is 11.9. The molecule has 0 N–H and O–H groups in total. The summed E-state index contributed by atoms with van der Waals surface area (Å²) in [5.74, 6) is -0.859. The van der Waals surface area contributed by atoms with Crippen LogP contribution in [0.15, 0.2) is 40.2 Å². The summed E-state index contributed by atoms with van der Waals surface area (Å²) in [6.07, 6.45) is 0. The van der Waals surface area contributed by atoms with Crippen LogP contribution in [0.4, 0.5) is 5.69 Å². The van der Waals surface area contributed by atoms with Gasteiger partial charge in [0.25, 0.3) is 11.7 Å². The van der Waals surface area contributed by atoms with Crippen molar-refractivity contribution in [3.8, 4) is 0 Å². The van der Waals surface area contributed by atoms with Crippen LogP contribution < -0.4 is 4.90 Å². The van der Waals surface area contributed by atoms with E-state index >= 15 is 0 Å². The Kier molecular flexibility index (Phi) is 2.80. The second-order valence-corrected chi connectivity index (χ2v) is 6.49. The van der Waals surface area contributed by atoms with Gasteiger partial charge in [-0.2, -0.15) is 0 Å². The second kappa shape index (κ2) is 4.33. The molecule has 90 valence electrons. The zero-order chi connectivity index (χ0) is 12.7. The Labute approximate surface area is 116 Å². The Morgan fingerprint density at radius 3 is 2.61 bits per heavy atom. The van der Waals surface area contributed by atoms with Crippen molar-refractivity contribution in [2.75, 3.05) is 4.90 Å². The number of amides is 1. The molecule has 1 aromatic carbocycles. The number of nitrogens with zero attached hydrogens (tertiary/aromatic N) is 1. The maximum Gasteiger partial charge on any atom is 0.299 e. The number of carbonyl (C=O) groups is 2. The number of benzene rings is 1. The molecule has 3 rings (SSSR count). The number of anilines is 1. The molecule has 5 heteroatoms. The monoisotopic (exact) mass is 321 g/mol. The highest BCUT2D eigenvalue weighted by Gasteiger charge is 2.35. The van der Waals surface area contributed by atoms with E-state index in [-0.39, 0.29) is 0 Å². The molecule has 18 heavy (non-hydrogen) atoms. The summed E-state index contributed by atoms with van der Waals surface area (Å²) in [5, 5.41) is 0. The predicted octanol–water partition coefficient (Wildman–Crippen LogP) is 3.24. The van der Waals surface area contributed by atoms with E-state index in [4.69, 9.17) is 0 Å². The standard InChI is InChI=1S/C13H8BrNO2S/c14-11-6-5-8(18-11)7-15-10-4-2-1-3-9(10)12(16)13(15)17/h1-6H,7H2. The van der Waals surface area contributed by atoms with Crippen LogP contribution in [-0.2, 0) is 11.3 Å². The number of ketones is 1. The average molecular weight is 322 g/mol. The molecule has 1 amide bonds. The quantitative estimate of drug-likeness (QED) is 0.796. The molecule has 1 aromatic heterocycles. The first kappa shape index (κ1) is 11.6. The Morgan fingerprint density at radius 2 is 1.89 bits per heavy atom. The smallest absolute Gasteiger partial charge is 0.299 e. The van der Waals surface area contributed by atoms with Crippen LogP contribution in [0.25, 0.3) is 0 Å². The lowest BCUT2D eigenvalue weighted by Crippen LogP contribution is -2.28. The van der Waals surface area contributed by atoms with Gasteiger partial charge in [0.15, 0.2) is 0 Å². The largest absolute Gasteiger partial charge is 0.300 e. The minimum Gasteiger partial charge on any atom is -0.300 e. The van der Waals surface area contributed by atoms with Crippen LogP contribution in [0.5, 0.6) is 0 Å². The SMILES string of the molecule is O=C1C(=O)N(Cc2ccc(Br)s2)c2ccccc21. The topological polar surface area (TPSA) is 37.4 Å². The summed E-state index contributed by atoms with van der Waals surface area (Å²) in [7, 11) is 0. The molecule has 0 unspecified atom stereocenters. The van der Waals surface area contributed by atoms with E-state index in [0.29, 0.717) is 17.8 Å². The van der Waals surface area contributed by atoms with Gasteiger partial charge in [-0.3, -0.25) is 14.5 Å². The molecule has 0 saturated heterocycles. The molecule has 0 radical (unpaired) electrons. The normalized spacial score (nSPS) is 14.2. The Hall–Kier alpha value is -1.46. The fraction of sp³-hybridized carbons (Fsp3) is 0.0769. The van der Waals surface area contributed by atoms with E-state index < -0.39 is 11.7 Å². The van der Waals surface area contributed by atoms with Crippen molar-refractivity contribution >= 4 is 44.6 Å². The van der Waals surface area contributed by atoms with Gasteiger partial charge in [-0.05, 0) is 40.2 Å². The number of hydrogen-bond acceptors (Lipinski definition) is 3. The van der Waals surface area contributed by atoms with Gasteiger partial charge in [-0.15, -0.1) is 11.3 Å². The van der Waals surface area contributed by atoms with Gasteiger partial charge in [0, 0.05) is 4.88 Å². The van der Waals surface area contributed by atoms with Crippen LogP contribution in [0.1, 0.15) is 15.2 Å². The van der Waals surface area contributed by atoms with Crippen molar-refractivity contribution in [2.24, 2.45) is 0 Å². The van der Waals surface area contributed by atoms with Gasteiger partial charge in [0.05, 0.1) is 21.6 Å². The number of rotatable bonds is 2. The summed E-state index contributed by atoms with van der Waals surface area (Å²) in [6, 6.07) is 11.0. The molecule has 0 atom stereocenters. The molecule has 2 aromatic rings. The highest BCUT2D eigenvalue weighted by Crippen LogP contribution is 2.32. The van der Waals surface area contributed by atoms with Gasteiger partial charge in [0.2, 0.25) is 0 Å². The fourth-order valence-electron chi connectivity index (χ4n) is 2.00. The number of carbonyl (C=O) groups excluding carboxylic acids is 2. The molecular formula is C13H8BrNO2S.